The van der Waals surface area contributed by atoms with Crippen molar-refractivity contribution in [1.29, 1.82) is 0 Å². The fourth-order valence-corrected chi connectivity index (χ4v) is 3.71. The molecule has 0 spiro atoms. The standard InChI is InChI=1S/C19H15N5O5S/c1-11-17(19(26)24(23-11)16-8-4-5-9-20-16)21-22-18-13-7-3-2-6-12(13)15(10-14(18)25)30(27,28)29/h2-10,25-26H,1H3,(H,27,28,29). The van der Waals surface area contributed by atoms with Crippen molar-refractivity contribution in [3.05, 3.63) is 60.4 Å². The van der Waals surface area contributed by atoms with Crippen LogP contribution in [0.1, 0.15) is 5.69 Å². The molecule has 3 N–H and O–H groups in total. The molecule has 0 aliphatic carbocycles. The molecule has 0 aliphatic rings. The van der Waals surface area contributed by atoms with Crippen molar-refractivity contribution in [1.82, 2.24) is 14.8 Å². The minimum Gasteiger partial charge on any atom is -0.506 e. The average Bonchev–Trinajstić information content (AvgIpc) is 3.00. The number of aromatic nitrogens is 3. The predicted molar refractivity (Wildman–Crippen MR) is 107 cm³/mol. The summed E-state index contributed by atoms with van der Waals surface area (Å²) in [6, 6.07) is 12.2. The fraction of sp³-hybridized carbons (Fsp3) is 0.0526. The van der Waals surface area contributed by atoms with E-state index in [4.69, 9.17) is 0 Å². The molecule has 0 atom stereocenters. The zero-order chi connectivity index (χ0) is 21.5. The number of phenols is 1. The second kappa shape index (κ2) is 7.21. The SMILES string of the molecule is Cc1nn(-c2ccccn2)c(O)c1N=Nc1c(O)cc(S(=O)(=O)O)c2ccccc12. The van der Waals surface area contributed by atoms with Crippen molar-refractivity contribution in [2.24, 2.45) is 10.2 Å². The van der Waals surface area contributed by atoms with Gasteiger partial charge in [-0.05, 0) is 19.1 Å². The number of hydrogen-bond donors (Lipinski definition) is 3. The highest BCUT2D eigenvalue weighted by atomic mass is 32.2. The van der Waals surface area contributed by atoms with Gasteiger partial charge in [0.1, 0.15) is 16.3 Å². The summed E-state index contributed by atoms with van der Waals surface area (Å²) in [6.45, 7) is 1.62. The smallest absolute Gasteiger partial charge is 0.295 e. The van der Waals surface area contributed by atoms with E-state index in [1.807, 2.05) is 0 Å². The van der Waals surface area contributed by atoms with E-state index < -0.39 is 20.8 Å². The number of phenolic OH excluding ortho intramolecular Hbond substituents is 1. The fourth-order valence-electron chi connectivity index (χ4n) is 2.99. The molecule has 0 fully saturated rings. The molecule has 0 saturated heterocycles. The molecule has 2 heterocycles. The Labute approximate surface area is 170 Å². The summed E-state index contributed by atoms with van der Waals surface area (Å²) in [5.41, 5.74) is 0.394. The van der Waals surface area contributed by atoms with E-state index in [2.05, 4.69) is 20.3 Å². The van der Waals surface area contributed by atoms with E-state index in [1.165, 1.54) is 16.8 Å². The van der Waals surface area contributed by atoms with E-state index in [0.717, 1.165) is 6.07 Å². The molecule has 0 aliphatic heterocycles. The molecule has 0 bridgehead atoms. The van der Waals surface area contributed by atoms with Crippen LogP contribution in [0.25, 0.3) is 16.6 Å². The van der Waals surface area contributed by atoms with Gasteiger partial charge in [0.2, 0.25) is 5.88 Å². The predicted octanol–water partition coefficient (Wildman–Crippen LogP) is 3.80. The molecule has 4 rings (SSSR count). The summed E-state index contributed by atoms with van der Waals surface area (Å²) < 4.78 is 34.0. The molecule has 30 heavy (non-hydrogen) atoms. The second-order valence-electron chi connectivity index (χ2n) is 6.32. The largest absolute Gasteiger partial charge is 0.506 e. The summed E-state index contributed by atoms with van der Waals surface area (Å²) in [7, 11) is -4.57. The maximum absolute atomic E-state index is 11.7. The van der Waals surface area contributed by atoms with Gasteiger partial charge in [0.05, 0.1) is 5.69 Å². The van der Waals surface area contributed by atoms with Crippen LogP contribution in [0.15, 0.2) is 69.9 Å². The van der Waals surface area contributed by atoms with Crippen LogP contribution in [0.4, 0.5) is 11.4 Å². The Kier molecular flexibility index (Phi) is 4.68. The Morgan fingerprint density at radius 1 is 0.967 bits per heavy atom. The van der Waals surface area contributed by atoms with Gasteiger partial charge in [-0.15, -0.1) is 10.2 Å². The maximum atomic E-state index is 11.7. The first-order chi connectivity index (χ1) is 14.3. The van der Waals surface area contributed by atoms with Gasteiger partial charge in [-0.3, -0.25) is 4.55 Å². The molecule has 0 unspecified atom stereocenters. The lowest BCUT2D eigenvalue weighted by Crippen LogP contribution is -1.99. The number of benzene rings is 2. The van der Waals surface area contributed by atoms with Crippen molar-refractivity contribution < 1.29 is 23.2 Å². The van der Waals surface area contributed by atoms with Crippen LogP contribution in [0, 0.1) is 6.92 Å². The highest BCUT2D eigenvalue weighted by Gasteiger charge is 2.20. The van der Waals surface area contributed by atoms with Crippen molar-refractivity contribution in [3.8, 4) is 17.4 Å². The lowest BCUT2D eigenvalue weighted by Gasteiger charge is -2.08. The van der Waals surface area contributed by atoms with E-state index in [-0.39, 0.29) is 28.0 Å². The number of fused-ring (bicyclic) bond motifs is 1. The summed E-state index contributed by atoms with van der Waals surface area (Å²) in [4.78, 5) is 3.67. The molecular weight excluding hydrogens is 410 g/mol. The number of azo groups is 1. The Balaban J connectivity index is 1.85. The van der Waals surface area contributed by atoms with Crippen LogP contribution >= 0.6 is 0 Å². The normalized spacial score (nSPS) is 12.1. The third-order valence-corrected chi connectivity index (χ3v) is 5.25. The van der Waals surface area contributed by atoms with Crippen LogP contribution in [0.3, 0.4) is 0 Å². The first-order valence-electron chi connectivity index (χ1n) is 8.61. The van der Waals surface area contributed by atoms with Gasteiger partial charge >= 0.3 is 0 Å². The summed E-state index contributed by atoms with van der Waals surface area (Å²) in [6.07, 6.45) is 1.55. The maximum Gasteiger partial charge on any atom is 0.295 e. The number of hydrogen-bond acceptors (Lipinski definition) is 8. The van der Waals surface area contributed by atoms with Gasteiger partial charge in [-0.25, -0.2) is 4.98 Å². The average molecular weight is 425 g/mol. The molecule has 0 saturated carbocycles. The molecule has 10 nitrogen and oxygen atoms in total. The van der Waals surface area contributed by atoms with Crippen molar-refractivity contribution in [2.45, 2.75) is 11.8 Å². The Hall–Kier alpha value is -3.83. The van der Waals surface area contributed by atoms with Crippen LogP contribution in [-0.2, 0) is 10.1 Å². The van der Waals surface area contributed by atoms with Gasteiger partial charge in [0.15, 0.2) is 11.5 Å². The molecule has 0 radical (unpaired) electrons. The van der Waals surface area contributed by atoms with Crippen molar-refractivity contribution in [2.75, 3.05) is 0 Å². The first-order valence-corrected chi connectivity index (χ1v) is 10.1. The van der Waals surface area contributed by atoms with Gasteiger partial charge in [0, 0.05) is 23.0 Å². The monoisotopic (exact) mass is 425 g/mol. The third kappa shape index (κ3) is 3.36. The van der Waals surface area contributed by atoms with Crippen LogP contribution in [0.5, 0.6) is 11.6 Å². The molecule has 152 valence electrons. The second-order valence-corrected chi connectivity index (χ2v) is 7.71. The highest BCUT2D eigenvalue weighted by Crippen LogP contribution is 2.41. The molecule has 2 aromatic heterocycles. The topological polar surface area (TPSA) is 150 Å². The van der Waals surface area contributed by atoms with E-state index >= 15 is 0 Å². The Bertz CT molecular complexity index is 1400. The van der Waals surface area contributed by atoms with Crippen LogP contribution < -0.4 is 0 Å². The molecular formula is C19H15N5O5S. The minimum absolute atomic E-state index is 0.0256. The van der Waals surface area contributed by atoms with Crippen molar-refractivity contribution >= 4 is 32.3 Å². The molecule has 11 heteroatoms. The zero-order valence-electron chi connectivity index (χ0n) is 15.5. The minimum atomic E-state index is -4.57. The summed E-state index contributed by atoms with van der Waals surface area (Å²) in [5, 5.41) is 33.5. The van der Waals surface area contributed by atoms with E-state index in [0.29, 0.717) is 11.5 Å². The third-order valence-electron chi connectivity index (χ3n) is 4.36. The highest BCUT2D eigenvalue weighted by molar-refractivity contribution is 7.86. The number of aryl methyl sites for hydroxylation is 1. The number of rotatable bonds is 4. The van der Waals surface area contributed by atoms with Gasteiger partial charge in [-0.1, -0.05) is 30.3 Å². The van der Waals surface area contributed by atoms with E-state index in [9.17, 15) is 23.2 Å². The van der Waals surface area contributed by atoms with E-state index in [1.54, 1.807) is 43.5 Å². The Morgan fingerprint density at radius 3 is 2.30 bits per heavy atom. The number of aromatic hydroxyl groups is 2. The van der Waals surface area contributed by atoms with Gasteiger partial charge in [0.25, 0.3) is 10.1 Å². The lowest BCUT2D eigenvalue weighted by atomic mass is 10.1. The summed E-state index contributed by atoms with van der Waals surface area (Å²) in [5.74, 6) is -0.419. The summed E-state index contributed by atoms with van der Waals surface area (Å²) >= 11 is 0. The zero-order valence-corrected chi connectivity index (χ0v) is 16.3. The van der Waals surface area contributed by atoms with Crippen LogP contribution in [-0.4, -0.2) is 37.9 Å². The number of pyridine rings is 1. The van der Waals surface area contributed by atoms with Crippen LogP contribution in [0.2, 0.25) is 0 Å². The van der Waals surface area contributed by atoms with Crippen molar-refractivity contribution in [3.63, 3.8) is 0 Å². The Morgan fingerprint density at radius 2 is 1.63 bits per heavy atom. The molecule has 2 aromatic carbocycles. The number of nitrogens with zero attached hydrogens (tertiary/aromatic N) is 5. The first kappa shape index (κ1) is 19.5. The lowest BCUT2D eigenvalue weighted by molar-refractivity contribution is 0.433. The van der Waals surface area contributed by atoms with Gasteiger partial charge < -0.3 is 10.2 Å². The quantitative estimate of drug-likeness (QED) is 0.332. The van der Waals surface area contributed by atoms with Gasteiger partial charge in [-0.2, -0.15) is 18.2 Å². The molecule has 0 amide bonds. The molecule has 4 aromatic rings.